The number of carbonyl (C=O) groups is 2. The van der Waals surface area contributed by atoms with Gasteiger partial charge in [0.05, 0.1) is 35.7 Å². The standard InChI is InChI=1S/C20H25N3O3/c1-4-26-20(25)16-9-7-11-22(13-16)19(24)17-12-21-23(15(17)3)18-10-6-5-8-14(18)2/h5-6,8,10,12,16H,4,7,9,11,13H2,1-3H3/t16-/m0/s1. The van der Waals surface area contributed by atoms with Gasteiger partial charge < -0.3 is 9.64 Å². The molecule has 3 rings (SSSR count). The summed E-state index contributed by atoms with van der Waals surface area (Å²) in [7, 11) is 0. The number of nitrogens with zero attached hydrogens (tertiary/aromatic N) is 3. The van der Waals surface area contributed by atoms with Crippen LogP contribution in [0.2, 0.25) is 0 Å². The summed E-state index contributed by atoms with van der Waals surface area (Å²) >= 11 is 0. The Balaban J connectivity index is 1.80. The molecule has 2 aromatic rings. The van der Waals surface area contributed by atoms with Gasteiger partial charge >= 0.3 is 5.97 Å². The van der Waals surface area contributed by atoms with Gasteiger partial charge in [0.15, 0.2) is 0 Å². The van der Waals surface area contributed by atoms with E-state index in [1.54, 1.807) is 22.7 Å². The van der Waals surface area contributed by atoms with E-state index in [4.69, 9.17) is 4.74 Å². The van der Waals surface area contributed by atoms with E-state index in [1.165, 1.54) is 0 Å². The molecule has 0 bridgehead atoms. The van der Waals surface area contributed by atoms with E-state index in [1.807, 2.05) is 38.1 Å². The molecular weight excluding hydrogens is 330 g/mol. The van der Waals surface area contributed by atoms with Crippen LogP contribution in [0.3, 0.4) is 0 Å². The minimum atomic E-state index is -0.237. The SMILES string of the molecule is CCOC(=O)[C@H]1CCCN(C(=O)c2cnn(-c3ccccc3C)c2C)C1. The van der Waals surface area contributed by atoms with Gasteiger partial charge in [0, 0.05) is 13.1 Å². The third kappa shape index (κ3) is 3.49. The molecule has 26 heavy (non-hydrogen) atoms. The van der Waals surface area contributed by atoms with Gasteiger partial charge in [-0.15, -0.1) is 0 Å². The highest BCUT2D eigenvalue weighted by atomic mass is 16.5. The molecule has 1 aliphatic heterocycles. The fraction of sp³-hybridized carbons (Fsp3) is 0.450. The van der Waals surface area contributed by atoms with Gasteiger partial charge in [0.2, 0.25) is 0 Å². The quantitative estimate of drug-likeness (QED) is 0.791. The number of piperidine rings is 1. The summed E-state index contributed by atoms with van der Waals surface area (Å²) in [6.45, 7) is 7.15. The van der Waals surface area contributed by atoms with Crippen molar-refractivity contribution >= 4 is 11.9 Å². The van der Waals surface area contributed by atoms with Crippen molar-refractivity contribution in [3.8, 4) is 5.69 Å². The lowest BCUT2D eigenvalue weighted by molar-refractivity contribution is -0.149. The number of likely N-dealkylation sites (tertiary alicyclic amines) is 1. The molecule has 2 heterocycles. The molecular formula is C20H25N3O3. The van der Waals surface area contributed by atoms with Crippen molar-refractivity contribution in [1.29, 1.82) is 0 Å². The fourth-order valence-electron chi connectivity index (χ4n) is 3.45. The summed E-state index contributed by atoms with van der Waals surface area (Å²) in [5, 5.41) is 4.42. The van der Waals surface area contributed by atoms with Gasteiger partial charge in [-0.2, -0.15) is 5.10 Å². The maximum Gasteiger partial charge on any atom is 0.310 e. The van der Waals surface area contributed by atoms with Crippen LogP contribution in [-0.2, 0) is 9.53 Å². The number of aryl methyl sites for hydroxylation is 1. The Hall–Kier alpha value is -2.63. The predicted molar refractivity (Wildman–Crippen MR) is 98.3 cm³/mol. The van der Waals surface area contributed by atoms with E-state index < -0.39 is 0 Å². The van der Waals surface area contributed by atoms with Crippen LogP contribution >= 0.6 is 0 Å². The zero-order valence-electron chi connectivity index (χ0n) is 15.6. The van der Waals surface area contributed by atoms with E-state index in [0.717, 1.165) is 29.8 Å². The molecule has 0 N–H and O–H groups in total. The normalized spacial score (nSPS) is 17.2. The lowest BCUT2D eigenvalue weighted by Gasteiger charge is -2.31. The van der Waals surface area contributed by atoms with Crippen LogP contribution < -0.4 is 0 Å². The van der Waals surface area contributed by atoms with E-state index in [0.29, 0.717) is 25.3 Å². The van der Waals surface area contributed by atoms with Crippen LogP contribution in [0.5, 0.6) is 0 Å². The average Bonchev–Trinajstić information content (AvgIpc) is 3.03. The van der Waals surface area contributed by atoms with Crippen LogP contribution in [0.25, 0.3) is 5.69 Å². The summed E-state index contributed by atoms with van der Waals surface area (Å²) < 4.78 is 6.92. The third-order valence-electron chi connectivity index (χ3n) is 4.91. The van der Waals surface area contributed by atoms with Gasteiger partial charge in [-0.25, -0.2) is 4.68 Å². The first kappa shape index (κ1) is 18.2. The van der Waals surface area contributed by atoms with Crippen LogP contribution in [0.1, 0.15) is 41.4 Å². The number of aromatic nitrogens is 2. The van der Waals surface area contributed by atoms with Gasteiger partial charge in [0.25, 0.3) is 5.91 Å². The number of benzene rings is 1. The summed E-state index contributed by atoms with van der Waals surface area (Å²) in [6.07, 6.45) is 3.20. The highest BCUT2D eigenvalue weighted by Crippen LogP contribution is 2.23. The number of hydrogen-bond donors (Lipinski definition) is 0. The first-order valence-electron chi connectivity index (χ1n) is 9.09. The lowest BCUT2D eigenvalue weighted by atomic mass is 9.97. The molecule has 0 radical (unpaired) electrons. The van der Waals surface area contributed by atoms with Crippen LogP contribution in [0, 0.1) is 19.8 Å². The minimum Gasteiger partial charge on any atom is -0.466 e. The van der Waals surface area contributed by atoms with Crippen molar-refractivity contribution in [2.75, 3.05) is 19.7 Å². The van der Waals surface area contributed by atoms with Crippen LogP contribution in [0.4, 0.5) is 0 Å². The Labute approximate surface area is 153 Å². The number of rotatable bonds is 4. The second-order valence-electron chi connectivity index (χ2n) is 6.68. The largest absolute Gasteiger partial charge is 0.466 e. The second-order valence-corrected chi connectivity index (χ2v) is 6.68. The molecule has 0 unspecified atom stereocenters. The van der Waals surface area contributed by atoms with Crippen LogP contribution in [-0.4, -0.2) is 46.3 Å². The maximum atomic E-state index is 13.0. The number of amides is 1. The van der Waals surface area contributed by atoms with Crippen molar-refractivity contribution < 1.29 is 14.3 Å². The number of carbonyl (C=O) groups excluding carboxylic acids is 2. The first-order chi connectivity index (χ1) is 12.5. The smallest absolute Gasteiger partial charge is 0.310 e. The van der Waals surface area contributed by atoms with Gasteiger partial charge in [-0.3, -0.25) is 9.59 Å². The molecule has 0 spiro atoms. The maximum absolute atomic E-state index is 13.0. The summed E-state index contributed by atoms with van der Waals surface area (Å²) in [4.78, 5) is 26.8. The van der Waals surface area contributed by atoms with E-state index >= 15 is 0 Å². The van der Waals surface area contributed by atoms with E-state index in [-0.39, 0.29) is 17.8 Å². The van der Waals surface area contributed by atoms with Gasteiger partial charge in [-0.1, -0.05) is 18.2 Å². The molecule has 1 amide bonds. The predicted octanol–water partition coefficient (Wildman–Crippen LogP) is 2.90. The Kier molecular flexibility index (Phi) is 5.40. The summed E-state index contributed by atoms with van der Waals surface area (Å²) in [5.41, 5.74) is 3.45. The van der Waals surface area contributed by atoms with Crippen LogP contribution in [0.15, 0.2) is 30.5 Å². The molecule has 1 aromatic heterocycles. The highest BCUT2D eigenvalue weighted by molar-refractivity contribution is 5.95. The monoisotopic (exact) mass is 355 g/mol. The molecule has 1 atom stereocenters. The van der Waals surface area contributed by atoms with Gasteiger partial charge in [-0.05, 0) is 45.2 Å². The zero-order valence-corrected chi connectivity index (χ0v) is 15.6. The Morgan fingerprint density at radius 2 is 2.04 bits per heavy atom. The second kappa shape index (κ2) is 7.72. The highest BCUT2D eigenvalue weighted by Gasteiger charge is 2.31. The molecule has 1 fully saturated rings. The fourth-order valence-corrected chi connectivity index (χ4v) is 3.45. The van der Waals surface area contributed by atoms with Crippen molar-refractivity contribution in [2.45, 2.75) is 33.6 Å². The molecule has 6 nitrogen and oxygen atoms in total. The summed E-state index contributed by atoms with van der Waals surface area (Å²) in [5.74, 6) is -0.520. The zero-order chi connectivity index (χ0) is 18.7. The molecule has 0 saturated carbocycles. The Morgan fingerprint density at radius 3 is 2.77 bits per heavy atom. The van der Waals surface area contributed by atoms with E-state index in [2.05, 4.69) is 5.10 Å². The summed E-state index contributed by atoms with van der Waals surface area (Å²) in [6, 6.07) is 7.94. The van der Waals surface area contributed by atoms with E-state index in [9.17, 15) is 9.59 Å². The topological polar surface area (TPSA) is 64.4 Å². The Bertz CT molecular complexity index is 812. The molecule has 1 aromatic carbocycles. The number of esters is 1. The minimum absolute atomic E-state index is 0.0728. The molecule has 138 valence electrons. The molecule has 1 aliphatic rings. The third-order valence-corrected chi connectivity index (χ3v) is 4.91. The van der Waals surface area contributed by atoms with Crippen molar-refractivity contribution in [1.82, 2.24) is 14.7 Å². The first-order valence-corrected chi connectivity index (χ1v) is 9.09. The van der Waals surface area contributed by atoms with Crippen molar-refractivity contribution in [3.63, 3.8) is 0 Å². The number of para-hydroxylation sites is 1. The van der Waals surface area contributed by atoms with Crippen molar-refractivity contribution in [3.05, 3.63) is 47.3 Å². The van der Waals surface area contributed by atoms with Crippen molar-refractivity contribution in [2.24, 2.45) is 5.92 Å². The molecule has 1 saturated heterocycles. The molecule has 6 heteroatoms. The number of ether oxygens (including phenoxy) is 1. The lowest BCUT2D eigenvalue weighted by Crippen LogP contribution is -2.43. The Morgan fingerprint density at radius 1 is 1.27 bits per heavy atom. The molecule has 0 aliphatic carbocycles. The average molecular weight is 355 g/mol. The van der Waals surface area contributed by atoms with Gasteiger partial charge in [0.1, 0.15) is 0 Å². The number of hydrogen-bond acceptors (Lipinski definition) is 4.